The first-order valence-corrected chi connectivity index (χ1v) is 5.55. The van der Waals surface area contributed by atoms with Crippen molar-refractivity contribution >= 4 is 5.97 Å². The number of hydrogen-bond acceptors (Lipinski definition) is 3. The topological polar surface area (TPSA) is 46.5 Å². The summed E-state index contributed by atoms with van der Waals surface area (Å²) in [6.45, 7) is 4.01. The highest BCUT2D eigenvalue weighted by Crippen LogP contribution is 2.06. The summed E-state index contributed by atoms with van der Waals surface area (Å²) in [6.07, 6.45) is 0.976. The second-order valence-electron chi connectivity index (χ2n) is 3.91. The third kappa shape index (κ3) is 4.03. The van der Waals surface area contributed by atoms with Crippen molar-refractivity contribution in [3.8, 4) is 0 Å². The van der Waals surface area contributed by atoms with E-state index >= 15 is 0 Å². The molecule has 0 spiro atoms. The molecule has 0 amide bonds. The number of aliphatic hydroxyl groups is 1. The fraction of sp³-hybridized carbons (Fsp3) is 0.462. The summed E-state index contributed by atoms with van der Waals surface area (Å²) in [6, 6.07) is 7.17. The first kappa shape index (κ1) is 12.7. The van der Waals surface area contributed by atoms with Gasteiger partial charge in [0.25, 0.3) is 0 Å². The van der Waals surface area contributed by atoms with E-state index in [1.165, 1.54) is 0 Å². The maximum absolute atomic E-state index is 11.5. The summed E-state index contributed by atoms with van der Waals surface area (Å²) in [5.74, 6) is -0.379. The normalized spacial score (nSPS) is 12.2. The number of hydrogen-bond donors (Lipinski definition) is 1. The molecule has 1 unspecified atom stereocenters. The van der Waals surface area contributed by atoms with Crippen LogP contribution in [0.25, 0.3) is 0 Å². The minimum Gasteiger partial charge on any atom is -0.459 e. The zero-order chi connectivity index (χ0) is 12.0. The highest BCUT2D eigenvalue weighted by molar-refractivity contribution is 5.89. The van der Waals surface area contributed by atoms with Crippen molar-refractivity contribution in [1.29, 1.82) is 0 Å². The highest BCUT2D eigenvalue weighted by atomic mass is 16.5. The van der Waals surface area contributed by atoms with Gasteiger partial charge in [-0.2, -0.15) is 0 Å². The molecule has 1 atom stereocenters. The van der Waals surface area contributed by atoms with Crippen molar-refractivity contribution in [3.05, 3.63) is 35.4 Å². The molecule has 1 aromatic carbocycles. The van der Waals surface area contributed by atoms with Gasteiger partial charge in [-0.15, -0.1) is 0 Å². The first-order valence-electron chi connectivity index (χ1n) is 5.55. The molecule has 0 radical (unpaired) electrons. The van der Waals surface area contributed by atoms with E-state index in [9.17, 15) is 9.90 Å². The average Bonchev–Trinajstić information content (AvgIpc) is 2.27. The molecule has 3 nitrogen and oxygen atoms in total. The minimum absolute atomic E-state index is 0.0700. The third-order valence-electron chi connectivity index (χ3n) is 2.32. The van der Waals surface area contributed by atoms with Gasteiger partial charge in [-0.3, -0.25) is 0 Å². The molecule has 0 aliphatic rings. The Bertz CT molecular complexity index is 330. The number of ether oxygens (including phenoxy) is 1. The SMILES string of the molecule is CCCC(O)COC(=O)c1ccc(C)cc1. The maximum atomic E-state index is 11.5. The number of aryl methyl sites for hydroxylation is 1. The van der Waals surface area contributed by atoms with Crippen molar-refractivity contribution in [2.75, 3.05) is 6.61 Å². The number of benzene rings is 1. The standard InChI is InChI=1S/C13H18O3/c1-3-4-12(14)9-16-13(15)11-7-5-10(2)6-8-11/h5-8,12,14H,3-4,9H2,1-2H3. The molecule has 0 aliphatic carbocycles. The van der Waals surface area contributed by atoms with Gasteiger partial charge < -0.3 is 9.84 Å². The second kappa shape index (κ2) is 6.28. The Kier molecular flexibility index (Phi) is 4.99. The fourth-order valence-electron chi connectivity index (χ4n) is 1.36. The van der Waals surface area contributed by atoms with Crippen LogP contribution >= 0.6 is 0 Å². The van der Waals surface area contributed by atoms with E-state index in [1.54, 1.807) is 12.1 Å². The van der Waals surface area contributed by atoms with Crippen LogP contribution in [0, 0.1) is 6.92 Å². The molecule has 0 saturated heterocycles. The fourth-order valence-corrected chi connectivity index (χ4v) is 1.36. The van der Waals surface area contributed by atoms with Gasteiger partial charge in [-0.25, -0.2) is 4.79 Å². The van der Waals surface area contributed by atoms with Gasteiger partial charge >= 0.3 is 5.97 Å². The molecule has 0 aliphatic heterocycles. The molecular weight excluding hydrogens is 204 g/mol. The zero-order valence-corrected chi connectivity index (χ0v) is 9.77. The molecule has 0 bridgehead atoms. The number of rotatable bonds is 5. The Hall–Kier alpha value is -1.35. The molecule has 88 valence electrons. The molecule has 0 fully saturated rings. The lowest BCUT2D eigenvalue weighted by Crippen LogP contribution is -2.18. The van der Waals surface area contributed by atoms with Crippen LogP contribution in [0.15, 0.2) is 24.3 Å². The molecule has 3 heteroatoms. The third-order valence-corrected chi connectivity index (χ3v) is 2.32. The first-order chi connectivity index (χ1) is 7.63. The lowest BCUT2D eigenvalue weighted by Gasteiger charge is -2.10. The largest absolute Gasteiger partial charge is 0.459 e. The van der Waals surface area contributed by atoms with Gasteiger partial charge in [0, 0.05) is 0 Å². The van der Waals surface area contributed by atoms with Gasteiger partial charge in [0.15, 0.2) is 0 Å². The summed E-state index contributed by atoms with van der Waals surface area (Å²) >= 11 is 0. The molecule has 0 heterocycles. The van der Waals surface area contributed by atoms with E-state index < -0.39 is 6.10 Å². The van der Waals surface area contributed by atoms with Crippen LogP contribution in [-0.4, -0.2) is 23.8 Å². The number of aliphatic hydroxyl groups excluding tert-OH is 1. The zero-order valence-electron chi connectivity index (χ0n) is 9.77. The Morgan fingerprint density at radius 3 is 2.56 bits per heavy atom. The smallest absolute Gasteiger partial charge is 0.338 e. The van der Waals surface area contributed by atoms with Crippen LogP contribution in [0.5, 0.6) is 0 Å². The van der Waals surface area contributed by atoms with Crippen molar-refractivity contribution in [2.45, 2.75) is 32.8 Å². The molecular formula is C13H18O3. The number of carbonyl (C=O) groups is 1. The molecule has 1 rings (SSSR count). The lowest BCUT2D eigenvalue weighted by molar-refractivity contribution is 0.0237. The number of carbonyl (C=O) groups excluding carboxylic acids is 1. The predicted octanol–water partition coefficient (Wildman–Crippen LogP) is 2.31. The Morgan fingerprint density at radius 1 is 1.38 bits per heavy atom. The van der Waals surface area contributed by atoms with E-state index in [2.05, 4.69) is 0 Å². The van der Waals surface area contributed by atoms with Crippen LogP contribution in [-0.2, 0) is 4.74 Å². The molecule has 1 N–H and O–H groups in total. The summed E-state index contributed by atoms with van der Waals surface area (Å²) in [5, 5.41) is 9.41. The highest BCUT2D eigenvalue weighted by Gasteiger charge is 2.09. The summed E-state index contributed by atoms with van der Waals surface area (Å²) < 4.78 is 4.99. The van der Waals surface area contributed by atoms with Crippen molar-refractivity contribution in [2.24, 2.45) is 0 Å². The molecule has 0 aromatic heterocycles. The summed E-state index contributed by atoms with van der Waals surface area (Å²) in [7, 11) is 0. The summed E-state index contributed by atoms with van der Waals surface area (Å²) in [5.41, 5.74) is 1.62. The van der Waals surface area contributed by atoms with E-state index in [0.29, 0.717) is 12.0 Å². The van der Waals surface area contributed by atoms with Gasteiger partial charge in [-0.1, -0.05) is 31.0 Å². The summed E-state index contributed by atoms with van der Waals surface area (Å²) in [4.78, 5) is 11.5. The van der Waals surface area contributed by atoms with Gasteiger partial charge in [-0.05, 0) is 25.5 Å². The van der Waals surface area contributed by atoms with Crippen LogP contribution < -0.4 is 0 Å². The van der Waals surface area contributed by atoms with Gasteiger partial charge in [0.05, 0.1) is 11.7 Å². The average molecular weight is 222 g/mol. The predicted molar refractivity (Wildman–Crippen MR) is 62.4 cm³/mol. The van der Waals surface area contributed by atoms with Crippen LogP contribution in [0.4, 0.5) is 0 Å². The van der Waals surface area contributed by atoms with Gasteiger partial charge in [0.1, 0.15) is 6.61 Å². The second-order valence-corrected chi connectivity index (χ2v) is 3.91. The molecule has 1 aromatic rings. The van der Waals surface area contributed by atoms with Crippen molar-refractivity contribution in [3.63, 3.8) is 0 Å². The molecule has 0 saturated carbocycles. The van der Waals surface area contributed by atoms with Crippen LogP contribution in [0.2, 0.25) is 0 Å². The van der Waals surface area contributed by atoms with Gasteiger partial charge in [0.2, 0.25) is 0 Å². The van der Waals surface area contributed by atoms with E-state index in [-0.39, 0.29) is 12.6 Å². The van der Waals surface area contributed by atoms with E-state index in [1.807, 2.05) is 26.0 Å². The van der Waals surface area contributed by atoms with Crippen LogP contribution in [0.3, 0.4) is 0 Å². The van der Waals surface area contributed by atoms with Crippen LogP contribution in [0.1, 0.15) is 35.7 Å². The Labute approximate surface area is 96.1 Å². The van der Waals surface area contributed by atoms with Crippen molar-refractivity contribution in [1.82, 2.24) is 0 Å². The Balaban J connectivity index is 2.43. The quantitative estimate of drug-likeness (QED) is 0.778. The van der Waals surface area contributed by atoms with E-state index in [4.69, 9.17) is 4.74 Å². The lowest BCUT2D eigenvalue weighted by atomic mass is 10.1. The van der Waals surface area contributed by atoms with Crippen molar-refractivity contribution < 1.29 is 14.6 Å². The Morgan fingerprint density at radius 2 is 2.00 bits per heavy atom. The molecule has 16 heavy (non-hydrogen) atoms. The monoisotopic (exact) mass is 222 g/mol. The maximum Gasteiger partial charge on any atom is 0.338 e. The van der Waals surface area contributed by atoms with E-state index in [0.717, 1.165) is 12.0 Å². The number of esters is 1. The minimum atomic E-state index is -0.556.